The van der Waals surface area contributed by atoms with Gasteiger partial charge in [0.15, 0.2) is 0 Å². The molecule has 1 unspecified atom stereocenters. The number of hydrogen-bond donors (Lipinski definition) is 1. The van der Waals surface area contributed by atoms with E-state index in [4.69, 9.17) is 19.3 Å². The average Bonchev–Trinajstić information content (AvgIpc) is 2.64. The molecule has 0 amide bonds. The lowest BCUT2D eigenvalue weighted by atomic mass is 10.0. The number of rotatable bonds is 16. The molecule has 1 aromatic carbocycles. The number of aryl methyl sites for hydroxylation is 1. The molecule has 0 aromatic heterocycles. The van der Waals surface area contributed by atoms with Crippen molar-refractivity contribution in [1.82, 2.24) is 0 Å². The Balaban J connectivity index is 2.25. The standard InChI is InChI=1S/C21H34O5/c1-3-4-5-6-7-8-9-10-18-11-13-19(14-12-18)25-16-20(15-24-2)26-17-21(22)23/h11-14,20H,3-10,15-17H2,1-2H3,(H,22,23). The first-order valence-electron chi connectivity index (χ1n) is 9.69. The van der Waals surface area contributed by atoms with E-state index in [2.05, 4.69) is 19.1 Å². The average molecular weight is 366 g/mol. The Labute approximate surface area is 157 Å². The third-order valence-electron chi connectivity index (χ3n) is 4.22. The Morgan fingerprint density at radius 1 is 1.00 bits per heavy atom. The molecule has 5 nitrogen and oxygen atoms in total. The summed E-state index contributed by atoms with van der Waals surface area (Å²) in [4.78, 5) is 10.6. The van der Waals surface area contributed by atoms with Crippen molar-refractivity contribution < 1.29 is 24.1 Å². The van der Waals surface area contributed by atoms with Gasteiger partial charge < -0.3 is 19.3 Å². The zero-order chi connectivity index (χ0) is 19.0. The highest BCUT2D eigenvalue weighted by molar-refractivity contribution is 5.68. The van der Waals surface area contributed by atoms with Crippen LogP contribution < -0.4 is 4.74 Å². The maximum absolute atomic E-state index is 10.6. The van der Waals surface area contributed by atoms with Gasteiger partial charge in [-0.1, -0.05) is 57.6 Å². The topological polar surface area (TPSA) is 65.0 Å². The van der Waals surface area contributed by atoms with Gasteiger partial charge in [0.1, 0.15) is 25.1 Å². The lowest BCUT2D eigenvalue weighted by Gasteiger charge is -2.17. The molecule has 1 rings (SSSR count). The third-order valence-corrected chi connectivity index (χ3v) is 4.22. The second kappa shape index (κ2) is 14.6. The van der Waals surface area contributed by atoms with Crippen LogP contribution in [0.25, 0.3) is 0 Å². The van der Waals surface area contributed by atoms with Crippen LogP contribution in [0.1, 0.15) is 57.4 Å². The summed E-state index contributed by atoms with van der Waals surface area (Å²) in [5.74, 6) is -0.242. The van der Waals surface area contributed by atoms with Gasteiger partial charge >= 0.3 is 5.97 Å². The predicted molar refractivity (Wildman–Crippen MR) is 103 cm³/mol. The maximum Gasteiger partial charge on any atom is 0.329 e. The van der Waals surface area contributed by atoms with Gasteiger partial charge in [-0.3, -0.25) is 0 Å². The van der Waals surface area contributed by atoms with Gasteiger partial charge in [-0.25, -0.2) is 4.79 Å². The molecule has 1 N–H and O–H groups in total. The molecule has 0 fully saturated rings. The lowest BCUT2D eigenvalue weighted by molar-refractivity contribution is -0.146. The fourth-order valence-electron chi connectivity index (χ4n) is 2.75. The van der Waals surface area contributed by atoms with Crippen LogP contribution in [0.4, 0.5) is 0 Å². The van der Waals surface area contributed by atoms with Crippen molar-refractivity contribution in [3.05, 3.63) is 29.8 Å². The fourth-order valence-corrected chi connectivity index (χ4v) is 2.75. The fraction of sp³-hybridized carbons (Fsp3) is 0.667. The van der Waals surface area contributed by atoms with Crippen molar-refractivity contribution in [2.45, 2.75) is 64.4 Å². The summed E-state index contributed by atoms with van der Waals surface area (Å²) < 4.78 is 16.0. The van der Waals surface area contributed by atoms with E-state index < -0.39 is 12.1 Å². The van der Waals surface area contributed by atoms with E-state index >= 15 is 0 Å². The number of aliphatic carboxylic acids is 1. The van der Waals surface area contributed by atoms with Gasteiger partial charge in [-0.15, -0.1) is 0 Å². The molecule has 0 aliphatic rings. The van der Waals surface area contributed by atoms with Crippen molar-refractivity contribution in [2.24, 2.45) is 0 Å². The Bertz CT molecular complexity index is 472. The van der Waals surface area contributed by atoms with Crippen LogP contribution in [0.5, 0.6) is 5.75 Å². The van der Waals surface area contributed by atoms with Crippen molar-refractivity contribution >= 4 is 5.97 Å². The van der Waals surface area contributed by atoms with Crippen molar-refractivity contribution in [3.63, 3.8) is 0 Å². The Morgan fingerprint density at radius 3 is 2.27 bits per heavy atom. The van der Waals surface area contributed by atoms with E-state index in [0.717, 1.165) is 12.2 Å². The zero-order valence-corrected chi connectivity index (χ0v) is 16.2. The van der Waals surface area contributed by atoms with E-state index in [-0.39, 0.29) is 13.2 Å². The van der Waals surface area contributed by atoms with Gasteiger partial charge in [0.05, 0.1) is 6.61 Å². The predicted octanol–water partition coefficient (Wildman–Crippen LogP) is 4.47. The first kappa shape index (κ1) is 22.5. The van der Waals surface area contributed by atoms with Crippen molar-refractivity contribution in [2.75, 3.05) is 26.9 Å². The summed E-state index contributed by atoms with van der Waals surface area (Å²) >= 11 is 0. The van der Waals surface area contributed by atoms with E-state index in [9.17, 15) is 4.79 Å². The molecule has 0 aliphatic heterocycles. The largest absolute Gasteiger partial charge is 0.491 e. The SMILES string of the molecule is CCCCCCCCCc1ccc(OCC(COC)OCC(=O)O)cc1. The number of ether oxygens (including phenoxy) is 3. The third kappa shape index (κ3) is 11.1. The van der Waals surface area contributed by atoms with Crippen LogP contribution in [0, 0.1) is 0 Å². The quantitative estimate of drug-likeness (QED) is 0.437. The normalized spacial score (nSPS) is 12.1. The summed E-state index contributed by atoms with van der Waals surface area (Å²) in [6.45, 7) is 2.45. The molecule has 148 valence electrons. The highest BCUT2D eigenvalue weighted by Gasteiger charge is 2.12. The summed E-state index contributed by atoms with van der Waals surface area (Å²) in [5, 5.41) is 8.68. The second-order valence-corrected chi connectivity index (χ2v) is 6.61. The lowest BCUT2D eigenvalue weighted by Crippen LogP contribution is -2.29. The highest BCUT2D eigenvalue weighted by Crippen LogP contribution is 2.16. The molecule has 0 heterocycles. The van der Waals surface area contributed by atoms with Crippen LogP contribution in [-0.2, 0) is 20.7 Å². The van der Waals surface area contributed by atoms with Gasteiger partial charge in [-0.2, -0.15) is 0 Å². The Kier molecular flexibility index (Phi) is 12.6. The highest BCUT2D eigenvalue weighted by atomic mass is 16.6. The molecular weight excluding hydrogens is 332 g/mol. The van der Waals surface area contributed by atoms with Crippen LogP contribution in [0.3, 0.4) is 0 Å². The van der Waals surface area contributed by atoms with Gasteiger partial charge in [0.25, 0.3) is 0 Å². The molecule has 1 aromatic rings. The minimum Gasteiger partial charge on any atom is -0.491 e. The first-order valence-corrected chi connectivity index (χ1v) is 9.69. The molecule has 5 heteroatoms. The zero-order valence-electron chi connectivity index (χ0n) is 16.2. The molecule has 1 atom stereocenters. The van der Waals surface area contributed by atoms with Gasteiger partial charge in [0, 0.05) is 7.11 Å². The maximum atomic E-state index is 10.6. The van der Waals surface area contributed by atoms with Crippen LogP contribution in [0.15, 0.2) is 24.3 Å². The second-order valence-electron chi connectivity index (χ2n) is 6.61. The molecule has 0 bridgehead atoms. The minimum atomic E-state index is -0.999. The first-order chi connectivity index (χ1) is 12.7. The number of methoxy groups -OCH3 is 1. The van der Waals surface area contributed by atoms with Crippen LogP contribution in [-0.4, -0.2) is 44.1 Å². The summed E-state index contributed by atoms with van der Waals surface area (Å²) in [5.41, 5.74) is 1.32. The molecule has 0 aliphatic carbocycles. The molecule has 0 saturated carbocycles. The monoisotopic (exact) mass is 366 g/mol. The van der Waals surface area contributed by atoms with E-state index in [1.54, 1.807) is 7.11 Å². The molecule has 26 heavy (non-hydrogen) atoms. The molecule has 0 spiro atoms. The Hall–Kier alpha value is -1.59. The van der Waals surface area contributed by atoms with Gasteiger partial charge in [0.2, 0.25) is 0 Å². The van der Waals surface area contributed by atoms with Crippen molar-refractivity contribution in [3.8, 4) is 5.75 Å². The number of hydrogen-bond acceptors (Lipinski definition) is 4. The van der Waals surface area contributed by atoms with Crippen LogP contribution >= 0.6 is 0 Å². The minimum absolute atomic E-state index is 0.262. The number of carboxylic acids is 1. The Morgan fingerprint density at radius 2 is 1.65 bits per heavy atom. The molecule has 0 radical (unpaired) electrons. The summed E-state index contributed by atoms with van der Waals surface area (Å²) in [6, 6.07) is 8.10. The molecular formula is C21H34O5. The summed E-state index contributed by atoms with van der Waals surface area (Å²) in [7, 11) is 1.55. The van der Waals surface area contributed by atoms with Gasteiger partial charge in [-0.05, 0) is 30.5 Å². The number of unbranched alkanes of at least 4 members (excludes halogenated alkanes) is 6. The van der Waals surface area contributed by atoms with E-state index in [1.807, 2.05) is 12.1 Å². The van der Waals surface area contributed by atoms with Crippen LogP contribution in [0.2, 0.25) is 0 Å². The molecule has 0 saturated heterocycles. The number of carboxylic acid groups (broad SMARTS) is 1. The smallest absolute Gasteiger partial charge is 0.329 e. The number of benzene rings is 1. The van der Waals surface area contributed by atoms with E-state index in [1.165, 1.54) is 50.5 Å². The van der Waals surface area contributed by atoms with E-state index in [0.29, 0.717) is 6.61 Å². The van der Waals surface area contributed by atoms with Crippen molar-refractivity contribution in [1.29, 1.82) is 0 Å². The number of carbonyl (C=O) groups is 1. The summed E-state index contributed by atoms with van der Waals surface area (Å²) in [6.07, 6.45) is 9.92.